The zero-order valence-corrected chi connectivity index (χ0v) is 12.9. The Labute approximate surface area is 128 Å². The Morgan fingerprint density at radius 3 is 2.32 bits per heavy atom. The molecule has 0 spiro atoms. The van der Waals surface area contributed by atoms with E-state index in [2.05, 4.69) is 5.10 Å². The summed E-state index contributed by atoms with van der Waals surface area (Å²) in [5, 5.41) is 13.6. The SMILES string of the molecule is CCn1ncc(-c2ccc(OC)c(OC)c2OC)c1C(=O)O. The Morgan fingerprint density at radius 2 is 1.82 bits per heavy atom. The molecule has 1 aromatic carbocycles. The summed E-state index contributed by atoms with van der Waals surface area (Å²) in [6.07, 6.45) is 1.51. The van der Waals surface area contributed by atoms with E-state index in [1.807, 2.05) is 6.92 Å². The van der Waals surface area contributed by atoms with Crippen LogP contribution in [0.5, 0.6) is 17.2 Å². The molecular formula is C15H18N2O5. The standard InChI is InChI=1S/C15H18N2O5/c1-5-17-12(15(18)19)10(8-16-17)9-6-7-11(20-2)14(22-4)13(9)21-3/h6-8H,5H2,1-4H3,(H,18,19). The largest absolute Gasteiger partial charge is 0.493 e. The van der Waals surface area contributed by atoms with Crippen LogP contribution in [-0.2, 0) is 6.54 Å². The van der Waals surface area contributed by atoms with Crippen molar-refractivity contribution in [2.45, 2.75) is 13.5 Å². The van der Waals surface area contributed by atoms with E-state index in [0.717, 1.165) is 0 Å². The summed E-state index contributed by atoms with van der Waals surface area (Å²) < 4.78 is 17.4. The lowest BCUT2D eigenvalue weighted by Gasteiger charge is -2.15. The third-order valence-electron chi connectivity index (χ3n) is 3.34. The number of hydrogen-bond donors (Lipinski definition) is 1. The van der Waals surface area contributed by atoms with Crippen molar-refractivity contribution in [2.24, 2.45) is 0 Å². The van der Waals surface area contributed by atoms with E-state index in [1.165, 1.54) is 32.2 Å². The maximum absolute atomic E-state index is 11.6. The average Bonchev–Trinajstić information content (AvgIpc) is 2.97. The molecule has 0 saturated heterocycles. The normalized spacial score (nSPS) is 10.4. The summed E-state index contributed by atoms with van der Waals surface area (Å²) in [7, 11) is 4.51. The molecular weight excluding hydrogens is 288 g/mol. The molecule has 0 aliphatic heterocycles. The van der Waals surface area contributed by atoms with Crippen LogP contribution in [0.3, 0.4) is 0 Å². The van der Waals surface area contributed by atoms with Gasteiger partial charge in [-0.1, -0.05) is 0 Å². The predicted molar refractivity (Wildman–Crippen MR) is 80.0 cm³/mol. The Bertz CT molecular complexity index is 693. The van der Waals surface area contributed by atoms with E-state index < -0.39 is 5.97 Å². The molecule has 0 aliphatic carbocycles. The molecule has 118 valence electrons. The summed E-state index contributed by atoms with van der Waals surface area (Å²) in [4.78, 5) is 11.6. The van der Waals surface area contributed by atoms with E-state index in [9.17, 15) is 9.90 Å². The Kier molecular flexibility index (Phi) is 4.55. The number of aromatic nitrogens is 2. The zero-order chi connectivity index (χ0) is 16.3. The number of methoxy groups -OCH3 is 3. The van der Waals surface area contributed by atoms with Crippen LogP contribution in [0.4, 0.5) is 0 Å². The van der Waals surface area contributed by atoms with Gasteiger partial charge in [0.25, 0.3) is 0 Å². The number of benzene rings is 1. The van der Waals surface area contributed by atoms with E-state index in [1.54, 1.807) is 12.1 Å². The third-order valence-corrected chi connectivity index (χ3v) is 3.34. The molecule has 0 bridgehead atoms. The molecule has 0 aliphatic rings. The number of carboxylic acid groups (broad SMARTS) is 1. The molecule has 2 aromatic rings. The lowest BCUT2D eigenvalue weighted by Crippen LogP contribution is -2.09. The Balaban J connectivity index is 2.73. The first-order chi connectivity index (χ1) is 10.6. The van der Waals surface area contributed by atoms with Gasteiger partial charge in [-0.3, -0.25) is 4.68 Å². The van der Waals surface area contributed by atoms with Gasteiger partial charge in [-0.2, -0.15) is 5.10 Å². The molecule has 2 rings (SSSR count). The van der Waals surface area contributed by atoms with Gasteiger partial charge in [-0.05, 0) is 19.1 Å². The zero-order valence-electron chi connectivity index (χ0n) is 12.9. The second-order valence-corrected chi connectivity index (χ2v) is 4.41. The highest BCUT2D eigenvalue weighted by Gasteiger charge is 2.24. The van der Waals surface area contributed by atoms with Crippen LogP contribution in [0.2, 0.25) is 0 Å². The van der Waals surface area contributed by atoms with Crippen LogP contribution >= 0.6 is 0 Å². The first-order valence-electron chi connectivity index (χ1n) is 6.67. The number of rotatable bonds is 6. The fourth-order valence-corrected chi connectivity index (χ4v) is 2.36. The van der Waals surface area contributed by atoms with E-state index >= 15 is 0 Å². The maximum atomic E-state index is 11.6. The molecule has 1 heterocycles. The smallest absolute Gasteiger partial charge is 0.354 e. The van der Waals surface area contributed by atoms with Crippen LogP contribution in [0, 0.1) is 0 Å². The number of aryl methyl sites for hydroxylation is 1. The monoisotopic (exact) mass is 306 g/mol. The minimum atomic E-state index is -1.05. The molecule has 22 heavy (non-hydrogen) atoms. The highest BCUT2D eigenvalue weighted by atomic mass is 16.5. The minimum absolute atomic E-state index is 0.105. The molecule has 0 radical (unpaired) electrons. The van der Waals surface area contributed by atoms with Crippen molar-refractivity contribution >= 4 is 5.97 Å². The van der Waals surface area contributed by atoms with E-state index in [-0.39, 0.29) is 5.69 Å². The molecule has 0 fully saturated rings. The van der Waals surface area contributed by atoms with Gasteiger partial charge >= 0.3 is 5.97 Å². The van der Waals surface area contributed by atoms with Crippen molar-refractivity contribution in [3.8, 4) is 28.4 Å². The molecule has 7 heteroatoms. The summed E-state index contributed by atoms with van der Waals surface area (Å²) in [5.41, 5.74) is 1.15. The van der Waals surface area contributed by atoms with Crippen LogP contribution in [-0.4, -0.2) is 42.2 Å². The van der Waals surface area contributed by atoms with Crippen LogP contribution in [0.15, 0.2) is 18.3 Å². The summed E-state index contributed by atoms with van der Waals surface area (Å²) in [6, 6.07) is 3.43. The molecule has 0 saturated carbocycles. The van der Waals surface area contributed by atoms with Gasteiger partial charge in [0.15, 0.2) is 17.2 Å². The number of ether oxygens (including phenoxy) is 3. The summed E-state index contributed by atoms with van der Waals surface area (Å²) in [5.74, 6) is 0.261. The lowest BCUT2D eigenvalue weighted by atomic mass is 10.0. The molecule has 7 nitrogen and oxygen atoms in total. The number of carbonyl (C=O) groups is 1. The van der Waals surface area contributed by atoms with Gasteiger partial charge in [-0.25, -0.2) is 4.79 Å². The van der Waals surface area contributed by atoms with E-state index in [0.29, 0.717) is 34.9 Å². The number of nitrogens with zero attached hydrogens (tertiary/aromatic N) is 2. The molecule has 0 amide bonds. The molecule has 1 aromatic heterocycles. The summed E-state index contributed by atoms with van der Waals surface area (Å²) >= 11 is 0. The van der Waals surface area contributed by atoms with Gasteiger partial charge in [0.1, 0.15) is 0 Å². The van der Waals surface area contributed by atoms with Gasteiger partial charge in [-0.15, -0.1) is 0 Å². The number of carboxylic acids is 1. The van der Waals surface area contributed by atoms with Crippen molar-refractivity contribution in [1.29, 1.82) is 0 Å². The number of aromatic carboxylic acids is 1. The first kappa shape index (κ1) is 15.7. The molecule has 0 unspecified atom stereocenters. The van der Waals surface area contributed by atoms with Gasteiger partial charge in [0.05, 0.1) is 27.5 Å². The predicted octanol–water partition coefficient (Wildman–Crippen LogP) is 2.29. The van der Waals surface area contributed by atoms with Crippen molar-refractivity contribution in [3.63, 3.8) is 0 Å². The van der Waals surface area contributed by atoms with Crippen molar-refractivity contribution < 1.29 is 24.1 Å². The van der Waals surface area contributed by atoms with Crippen molar-refractivity contribution in [1.82, 2.24) is 9.78 Å². The average molecular weight is 306 g/mol. The van der Waals surface area contributed by atoms with Gasteiger partial charge in [0.2, 0.25) is 5.75 Å². The fourth-order valence-electron chi connectivity index (χ4n) is 2.36. The van der Waals surface area contributed by atoms with Crippen LogP contribution in [0.1, 0.15) is 17.4 Å². The Morgan fingerprint density at radius 1 is 1.14 bits per heavy atom. The maximum Gasteiger partial charge on any atom is 0.354 e. The third kappa shape index (κ3) is 2.45. The molecule has 0 atom stereocenters. The number of hydrogen-bond acceptors (Lipinski definition) is 5. The fraction of sp³-hybridized carbons (Fsp3) is 0.333. The second kappa shape index (κ2) is 6.38. The van der Waals surface area contributed by atoms with Crippen LogP contribution < -0.4 is 14.2 Å². The Hall–Kier alpha value is -2.70. The van der Waals surface area contributed by atoms with Crippen molar-refractivity contribution in [2.75, 3.05) is 21.3 Å². The molecule has 1 N–H and O–H groups in total. The topological polar surface area (TPSA) is 82.8 Å². The van der Waals surface area contributed by atoms with Crippen molar-refractivity contribution in [3.05, 3.63) is 24.0 Å². The second-order valence-electron chi connectivity index (χ2n) is 4.41. The highest BCUT2D eigenvalue weighted by molar-refractivity contribution is 5.95. The minimum Gasteiger partial charge on any atom is -0.493 e. The van der Waals surface area contributed by atoms with Crippen LogP contribution in [0.25, 0.3) is 11.1 Å². The van der Waals surface area contributed by atoms with Gasteiger partial charge in [0, 0.05) is 17.7 Å². The quantitative estimate of drug-likeness (QED) is 0.881. The van der Waals surface area contributed by atoms with E-state index in [4.69, 9.17) is 14.2 Å². The summed E-state index contributed by atoms with van der Waals surface area (Å²) in [6.45, 7) is 2.28. The lowest BCUT2D eigenvalue weighted by molar-refractivity contribution is 0.0684. The first-order valence-corrected chi connectivity index (χ1v) is 6.67. The highest BCUT2D eigenvalue weighted by Crippen LogP contribution is 2.44. The van der Waals surface area contributed by atoms with Gasteiger partial charge < -0.3 is 19.3 Å².